The number of methoxy groups -OCH3 is 1. The van der Waals surface area contributed by atoms with E-state index >= 15 is 0 Å². The van der Waals surface area contributed by atoms with E-state index in [2.05, 4.69) is 46.3 Å². The lowest BCUT2D eigenvalue weighted by Gasteiger charge is -2.10. The molecule has 0 radical (unpaired) electrons. The third-order valence-electron chi connectivity index (χ3n) is 4.73. The first-order valence-corrected chi connectivity index (χ1v) is 10.4. The minimum atomic E-state index is 0.694. The Labute approximate surface area is 169 Å². The smallest absolute Gasteiger partial charge is 0.122 e. The van der Waals surface area contributed by atoms with Gasteiger partial charge in [0.2, 0.25) is 0 Å². The van der Waals surface area contributed by atoms with Crippen molar-refractivity contribution in [3.05, 3.63) is 76.7 Å². The predicted molar refractivity (Wildman–Crippen MR) is 115 cm³/mol. The summed E-state index contributed by atoms with van der Waals surface area (Å²) in [4.78, 5) is 6.22. The van der Waals surface area contributed by atoms with Crippen LogP contribution in [-0.4, -0.2) is 23.3 Å². The first-order chi connectivity index (χ1) is 13.8. The molecule has 2 aromatic heterocycles. The van der Waals surface area contributed by atoms with Crippen LogP contribution in [0, 0.1) is 0 Å². The Kier molecular flexibility index (Phi) is 5.92. The average Bonchev–Trinajstić information content (AvgIpc) is 3.36. The van der Waals surface area contributed by atoms with Crippen LogP contribution in [-0.2, 0) is 13.0 Å². The Balaban J connectivity index is 1.38. The Morgan fingerprint density at radius 2 is 1.86 bits per heavy atom. The van der Waals surface area contributed by atoms with E-state index < -0.39 is 0 Å². The maximum absolute atomic E-state index is 5.87. The van der Waals surface area contributed by atoms with Crippen LogP contribution in [0.2, 0.25) is 0 Å². The van der Waals surface area contributed by atoms with Gasteiger partial charge in [0, 0.05) is 23.9 Å². The van der Waals surface area contributed by atoms with Crippen molar-refractivity contribution in [1.82, 2.24) is 9.55 Å². The molecule has 28 heavy (non-hydrogen) atoms. The van der Waals surface area contributed by atoms with Gasteiger partial charge in [0.05, 0.1) is 24.8 Å². The molecule has 0 saturated carbocycles. The van der Waals surface area contributed by atoms with Gasteiger partial charge in [0.15, 0.2) is 0 Å². The summed E-state index contributed by atoms with van der Waals surface area (Å²) in [5, 5.41) is 2.12. The quantitative estimate of drug-likeness (QED) is 0.350. The fraction of sp³-hybridized carbons (Fsp3) is 0.261. The second kappa shape index (κ2) is 8.93. The zero-order chi connectivity index (χ0) is 19.2. The number of fused-ring (bicyclic) bond motifs is 1. The number of benzene rings is 2. The van der Waals surface area contributed by atoms with Crippen LogP contribution in [0.1, 0.15) is 23.5 Å². The van der Waals surface area contributed by atoms with E-state index in [1.54, 1.807) is 18.4 Å². The lowest BCUT2D eigenvalue weighted by atomic mass is 10.2. The van der Waals surface area contributed by atoms with Crippen LogP contribution in [0.4, 0.5) is 0 Å². The summed E-state index contributed by atoms with van der Waals surface area (Å²) in [6.07, 6.45) is 2.91. The summed E-state index contributed by atoms with van der Waals surface area (Å²) in [7, 11) is 1.67. The summed E-state index contributed by atoms with van der Waals surface area (Å²) in [6.45, 7) is 1.64. The normalized spacial score (nSPS) is 11.0. The molecule has 0 aliphatic heterocycles. The van der Waals surface area contributed by atoms with Crippen LogP contribution >= 0.6 is 11.3 Å². The molecule has 0 atom stereocenters. The molecule has 144 valence electrons. The molecular weight excluding hydrogens is 368 g/mol. The Morgan fingerprint density at radius 1 is 0.964 bits per heavy atom. The number of ether oxygens (including phenoxy) is 2. The number of para-hydroxylation sites is 2. The molecule has 0 spiro atoms. The Bertz CT molecular complexity index is 1020. The van der Waals surface area contributed by atoms with E-state index in [9.17, 15) is 0 Å². The highest BCUT2D eigenvalue weighted by molar-refractivity contribution is 7.09. The molecule has 0 N–H and O–H groups in total. The summed E-state index contributed by atoms with van der Waals surface area (Å²) in [5.41, 5.74) is 2.28. The van der Waals surface area contributed by atoms with Gasteiger partial charge in [-0.25, -0.2) is 4.98 Å². The van der Waals surface area contributed by atoms with Crippen LogP contribution < -0.4 is 9.47 Å². The maximum atomic E-state index is 5.87. The molecule has 0 aliphatic carbocycles. The second-order valence-corrected chi connectivity index (χ2v) is 7.69. The predicted octanol–water partition coefficient (Wildman–Crippen LogP) is 5.56. The number of rotatable bonds is 9. The monoisotopic (exact) mass is 392 g/mol. The molecule has 4 nitrogen and oxygen atoms in total. The van der Waals surface area contributed by atoms with Gasteiger partial charge in [0.25, 0.3) is 0 Å². The largest absolute Gasteiger partial charge is 0.497 e. The van der Waals surface area contributed by atoms with Crippen molar-refractivity contribution in [2.45, 2.75) is 25.8 Å². The molecule has 0 aliphatic rings. The first kappa shape index (κ1) is 18.6. The van der Waals surface area contributed by atoms with E-state index in [4.69, 9.17) is 14.5 Å². The lowest BCUT2D eigenvalue weighted by molar-refractivity contribution is 0.301. The van der Waals surface area contributed by atoms with Crippen LogP contribution in [0.15, 0.2) is 66.0 Å². The van der Waals surface area contributed by atoms with Crippen molar-refractivity contribution in [3.63, 3.8) is 0 Å². The number of aryl methyl sites for hydroxylation is 1. The lowest BCUT2D eigenvalue weighted by Crippen LogP contribution is -2.06. The highest BCUT2D eigenvalue weighted by atomic mass is 32.1. The molecule has 2 heterocycles. The van der Waals surface area contributed by atoms with Crippen LogP contribution in [0.5, 0.6) is 11.5 Å². The molecular formula is C23H24N2O2S. The van der Waals surface area contributed by atoms with Crippen molar-refractivity contribution >= 4 is 22.4 Å². The third kappa shape index (κ3) is 4.37. The van der Waals surface area contributed by atoms with E-state index in [1.165, 1.54) is 10.4 Å². The molecule has 4 rings (SSSR count). The van der Waals surface area contributed by atoms with Gasteiger partial charge in [-0.3, -0.25) is 0 Å². The SMILES string of the molecule is COc1cccc(OCCCCn2c(Cc3cccs3)nc3ccccc32)c1. The standard InChI is InChI=1S/C23H24N2O2S/c1-26-18-8-6-9-19(16-18)27-14-5-4-13-25-22-12-3-2-11-21(22)24-23(25)17-20-10-7-15-28-20/h2-3,6-12,15-16H,4-5,13-14,17H2,1H3. The number of thiophene rings is 1. The van der Waals surface area contributed by atoms with E-state index in [1.807, 2.05) is 24.3 Å². The van der Waals surface area contributed by atoms with E-state index in [0.29, 0.717) is 6.61 Å². The molecule has 0 saturated heterocycles. The van der Waals surface area contributed by atoms with Gasteiger partial charge in [-0.05, 0) is 48.6 Å². The summed E-state index contributed by atoms with van der Waals surface area (Å²) in [5.74, 6) is 2.81. The molecule has 2 aromatic carbocycles. The van der Waals surface area contributed by atoms with E-state index in [-0.39, 0.29) is 0 Å². The zero-order valence-corrected chi connectivity index (χ0v) is 16.8. The molecule has 0 fully saturated rings. The van der Waals surface area contributed by atoms with Crippen molar-refractivity contribution in [2.24, 2.45) is 0 Å². The third-order valence-corrected chi connectivity index (χ3v) is 5.61. The van der Waals surface area contributed by atoms with Gasteiger partial charge in [0.1, 0.15) is 17.3 Å². The van der Waals surface area contributed by atoms with Crippen LogP contribution in [0.3, 0.4) is 0 Å². The van der Waals surface area contributed by atoms with Gasteiger partial charge < -0.3 is 14.0 Å². The van der Waals surface area contributed by atoms with Crippen LogP contribution in [0.25, 0.3) is 11.0 Å². The van der Waals surface area contributed by atoms with Crippen molar-refractivity contribution in [3.8, 4) is 11.5 Å². The maximum Gasteiger partial charge on any atom is 0.122 e. The van der Waals surface area contributed by atoms with E-state index in [0.717, 1.165) is 48.6 Å². The number of aromatic nitrogens is 2. The number of nitrogens with zero attached hydrogens (tertiary/aromatic N) is 2. The molecule has 0 amide bonds. The number of hydrogen-bond donors (Lipinski definition) is 0. The fourth-order valence-electron chi connectivity index (χ4n) is 3.33. The topological polar surface area (TPSA) is 36.3 Å². The minimum absolute atomic E-state index is 0.694. The number of imidazole rings is 1. The summed E-state index contributed by atoms with van der Waals surface area (Å²) < 4.78 is 13.5. The van der Waals surface area contributed by atoms with Crippen molar-refractivity contribution in [1.29, 1.82) is 0 Å². The molecule has 4 aromatic rings. The first-order valence-electron chi connectivity index (χ1n) is 9.57. The van der Waals surface area contributed by atoms with Gasteiger partial charge in [-0.2, -0.15) is 0 Å². The van der Waals surface area contributed by atoms with Crippen molar-refractivity contribution < 1.29 is 9.47 Å². The van der Waals surface area contributed by atoms with Gasteiger partial charge >= 0.3 is 0 Å². The van der Waals surface area contributed by atoms with Gasteiger partial charge in [-0.1, -0.05) is 24.3 Å². The second-order valence-electron chi connectivity index (χ2n) is 6.66. The molecule has 0 bridgehead atoms. The molecule has 0 unspecified atom stereocenters. The molecule has 5 heteroatoms. The number of hydrogen-bond acceptors (Lipinski definition) is 4. The number of unbranched alkanes of at least 4 members (excludes halogenated alkanes) is 1. The average molecular weight is 393 g/mol. The fourth-order valence-corrected chi connectivity index (χ4v) is 4.03. The highest BCUT2D eigenvalue weighted by Crippen LogP contribution is 2.22. The summed E-state index contributed by atoms with van der Waals surface area (Å²) >= 11 is 1.79. The summed E-state index contributed by atoms with van der Waals surface area (Å²) in [6, 6.07) is 20.4. The zero-order valence-electron chi connectivity index (χ0n) is 16.0. The Morgan fingerprint density at radius 3 is 2.71 bits per heavy atom. The van der Waals surface area contributed by atoms with Crippen molar-refractivity contribution in [2.75, 3.05) is 13.7 Å². The highest BCUT2D eigenvalue weighted by Gasteiger charge is 2.11. The van der Waals surface area contributed by atoms with Gasteiger partial charge in [-0.15, -0.1) is 11.3 Å². The Hall–Kier alpha value is -2.79. The minimum Gasteiger partial charge on any atom is -0.497 e.